The number of rotatable bonds is 4. The van der Waals surface area contributed by atoms with Gasteiger partial charge in [0.05, 0.1) is 5.60 Å². The van der Waals surface area contributed by atoms with Gasteiger partial charge in [0.2, 0.25) is 0 Å². The minimum absolute atomic E-state index is 0.115. The first-order valence-corrected chi connectivity index (χ1v) is 8.54. The predicted molar refractivity (Wildman–Crippen MR) is 96.8 cm³/mol. The Morgan fingerprint density at radius 3 is 2.35 bits per heavy atom. The van der Waals surface area contributed by atoms with E-state index in [4.69, 9.17) is 0 Å². The average molecular weight is 309 g/mol. The van der Waals surface area contributed by atoms with E-state index in [-0.39, 0.29) is 5.54 Å². The number of benzene rings is 2. The Kier molecular flexibility index (Phi) is 4.20. The largest absolute Gasteiger partial charge is 0.385 e. The molecule has 0 aromatic heterocycles. The summed E-state index contributed by atoms with van der Waals surface area (Å²) in [5.41, 5.74) is 2.78. The molecule has 1 aliphatic heterocycles. The van der Waals surface area contributed by atoms with Gasteiger partial charge in [-0.15, -0.1) is 0 Å². The molecule has 1 aliphatic rings. The van der Waals surface area contributed by atoms with Crippen molar-refractivity contribution in [1.82, 2.24) is 0 Å². The topological polar surface area (TPSA) is 23.5 Å². The third kappa shape index (κ3) is 3.28. The van der Waals surface area contributed by atoms with Crippen LogP contribution in [0.25, 0.3) is 0 Å². The summed E-state index contributed by atoms with van der Waals surface area (Å²) in [7, 11) is 0. The van der Waals surface area contributed by atoms with Gasteiger partial charge >= 0.3 is 0 Å². The Labute approximate surface area is 139 Å². The summed E-state index contributed by atoms with van der Waals surface area (Å²) < 4.78 is 0. The van der Waals surface area contributed by atoms with Gasteiger partial charge in [-0.25, -0.2) is 0 Å². The van der Waals surface area contributed by atoms with Crippen molar-refractivity contribution >= 4 is 5.69 Å². The van der Waals surface area contributed by atoms with Crippen molar-refractivity contribution in [1.29, 1.82) is 0 Å². The van der Waals surface area contributed by atoms with Crippen molar-refractivity contribution in [3.8, 4) is 0 Å². The number of para-hydroxylation sites is 1. The van der Waals surface area contributed by atoms with Crippen molar-refractivity contribution in [2.45, 2.75) is 51.2 Å². The van der Waals surface area contributed by atoms with E-state index < -0.39 is 5.60 Å². The van der Waals surface area contributed by atoms with Crippen LogP contribution >= 0.6 is 0 Å². The van der Waals surface area contributed by atoms with Crippen LogP contribution in [0.5, 0.6) is 0 Å². The molecule has 0 aliphatic carbocycles. The summed E-state index contributed by atoms with van der Waals surface area (Å²) in [6, 6.07) is 18.7. The summed E-state index contributed by atoms with van der Waals surface area (Å²) in [5.74, 6) is 0. The molecule has 2 aromatic carbocycles. The van der Waals surface area contributed by atoms with Crippen LogP contribution in [0.2, 0.25) is 0 Å². The average Bonchev–Trinajstić information content (AvgIpc) is 2.54. The van der Waals surface area contributed by atoms with Gasteiger partial charge in [0, 0.05) is 24.2 Å². The molecule has 1 heterocycles. The van der Waals surface area contributed by atoms with Crippen LogP contribution in [0.15, 0.2) is 54.6 Å². The van der Waals surface area contributed by atoms with Crippen molar-refractivity contribution in [2.75, 3.05) is 11.4 Å². The fraction of sp³-hybridized carbons (Fsp3) is 0.429. The molecule has 2 nitrogen and oxygen atoms in total. The zero-order chi connectivity index (χ0) is 16.5. The lowest BCUT2D eigenvalue weighted by Gasteiger charge is -2.46. The fourth-order valence-corrected chi connectivity index (χ4v) is 4.00. The van der Waals surface area contributed by atoms with Crippen molar-refractivity contribution in [2.24, 2.45) is 0 Å². The fourth-order valence-electron chi connectivity index (χ4n) is 4.00. The molecule has 2 heteroatoms. The Bertz CT molecular complexity index is 661. The first-order valence-electron chi connectivity index (χ1n) is 8.54. The van der Waals surface area contributed by atoms with E-state index >= 15 is 0 Å². The molecule has 1 N–H and O–H groups in total. The van der Waals surface area contributed by atoms with E-state index in [9.17, 15) is 5.11 Å². The van der Waals surface area contributed by atoms with Crippen LogP contribution in [0.1, 0.15) is 44.7 Å². The third-order valence-corrected chi connectivity index (χ3v) is 5.01. The lowest BCUT2D eigenvalue weighted by Crippen LogP contribution is -2.50. The quantitative estimate of drug-likeness (QED) is 0.898. The zero-order valence-electron chi connectivity index (χ0n) is 14.4. The predicted octanol–water partition coefficient (Wildman–Crippen LogP) is 4.52. The smallest absolute Gasteiger partial charge is 0.0890 e. The Morgan fingerprint density at radius 2 is 1.61 bits per heavy atom. The second kappa shape index (κ2) is 6.01. The van der Waals surface area contributed by atoms with Gasteiger partial charge in [-0.3, -0.25) is 0 Å². The normalized spacial score (nSPS) is 17.5. The van der Waals surface area contributed by atoms with Crippen molar-refractivity contribution in [3.05, 3.63) is 65.7 Å². The standard InChI is InChI=1S/C21H27NO/c1-20(2,16-21(3,23)18-12-5-4-6-13-18)22-15-9-11-17-10-7-8-14-19(17)22/h4-8,10,12-14,23H,9,11,15-16H2,1-3H3. The van der Waals surface area contributed by atoms with Crippen LogP contribution in [0.3, 0.4) is 0 Å². The molecular weight excluding hydrogens is 282 g/mol. The second-order valence-corrected chi connectivity index (χ2v) is 7.51. The number of anilines is 1. The third-order valence-electron chi connectivity index (χ3n) is 5.01. The molecule has 0 saturated heterocycles. The number of hydrogen-bond donors (Lipinski definition) is 1. The molecule has 3 rings (SSSR count). The molecule has 0 saturated carbocycles. The van der Waals surface area contributed by atoms with Gasteiger partial charge in [-0.1, -0.05) is 48.5 Å². The van der Waals surface area contributed by atoms with E-state index in [1.54, 1.807) is 0 Å². The maximum Gasteiger partial charge on any atom is 0.0890 e. The summed E-state index contributed by atoms with van der Waals surface area (Å²) in [6.07, 6.45) is 3.02. The molecule has 0 fully saturated rings. The highest BCUT2D eigenvalue weighted by atomic mass is 16.3. The van der Waals surface area contributed by atoms with Crippen LogP contribution in [-0.2, 0) is 12.0 Å². The highest BCUT2D eigenvalue weighted by Gasteiger charge is 2.37. The van der Waals surface area contributed by atoms with Gasteiger partial charge in [0.1, 0.15) is 0 Å². The van der Waals surface area contributed by atoms with Gasteiger partial charge in [-0.2, -0.15) is 0 Å². The van der Waals surface area contributed by atoms with Crippen LogP contribution in [0, 0.1) is 0 Å². The number of hydrogen-bond acceptors (Lipinski definition) is 2. The number of fused-ring (bicyclic) bond motifs is 1. The summed E-state index contributed by atoms with van der Waals surface area (Å²) in [5, 5.41) is 11.1. The Morgan fingerprint density at radius 1 is 0.957 bits per heavy atom. The Hall–Kier alpha value is -1.80. The van der Waals surface area contributed by atoms with E-state index in [1.165, 1.54) is 17.7 Å². The minimum atomic E-state index is -0.836. The van der Waals surface area contributed by atoms with Crippen molar-refractivity contribution < 1.29 is 5.11 Å². The molecule has 0 amide bonds. The highest BCUT2D eigenvalue weighted by molar-refractivity contribution is 5.57. The maximum absolute atomic E-state index is 11.1. The molecule has 122 valence electrons. The first-order chi connectivity index (χ1) is 10.9. The summed E-state index contributed by atoms with van der Waals surface area (Å²) in [4.78, 5) is 2.48. The molecule has 1 unspecified atom stereocenters. The monoisotopic (exact) mass is 309 g/mol. The van der Waals surface area contributed by atoms with Crippen LogP contribution < -0.4 is 4.90 Å². The van der Waals surface area contributed by atoms with Crippen LogP contribution in [-0.4, -0.2) is 17.2 Å². The SMILES string of the molecule is CC(O)(CC(C)(C)N1CCCc2ccccc21)c1ccccc1. The number of aliphatic hydroxyl groups is 1. The first kappa shape index (κ1) is 16.1. The number of nitrogens with zero attached hydrogens (tertiary/aromatic N) is 1. The molecule has 0 radical (unpaired) electrons. The molecule has 1 atom stereocenters. The van der Waals surface area contributed by atoms with E-state index in [0.717, 1.165) is 18.5 Å². The second-order valence-electron chi connectivity index (χ2n) is 7.51. The Balaban J connectivity index is 1.88. The lowest BCUT2D eigenvalue weighted by atomic mass is 9.81. The highest BCUT2D eigenvalue weighted by Crippen LogP contribution is 2.38. The van der Waals surface area contributed by atoms with E-state index in [0.29, 0.717) is 6.42 Å². The van der Waals surface area contributed by atoms with Crippen LogP contribution in [0.4, 0.5) is 5.69 Å². The molecule has 0 spiro atoms. The molecule has 23 heavy (non-hydrogen) atoms. The van der Waals surface area contributed by atoms with E-state index in [1.807, 2.05) is 37.3 Å². The van der Waals surface area contributed by atoms with Gasteiger partial charge in [0.15, 0.2) is 0 Å². The number of aryl methyl sites for hydroxylation is 1. The molecule has 0 bridgehead atoms. The summed E-state index contributed by atoms with van der Waals surface area (Å²) >= 11 is 0. The molecule has 2 aromatic rings. The molecular formula is C21H27NO. The van der Waals surface area contributed by atoms with E-state index in [2.05, 4.69) is 43.0 Å². The minimum Gasteiger partial charge on any atom is -0.385 e. The summed E-state index contributed by atoms with van der Waals surface area (Å²) in [6.45, 7) is 7.47. The van der Waals surface area contributed by atoms with Gasteiger partial charge in [-0.05, 0) is 50.8 Å². The van der Waals surface area contributed by atoms with Gasteiger partial charge < -0.3 is 10.0 Å². The maximum atomic E-state index is 11.1. The lowest BCUT2D eigenvalue weighted by molar-refractivity contribution is 0.0273. The van der Waals surface area contributed by atoms with Crippen molar-refractivity contribution in [3.63, 3.8) is 0 Å². The zero-order valence-corrected chi connectivity index (χ0v) is 14.4. The van der Waals surface area contributed by atoms with Gasteiger partial charge in [0.25, 0.3) is 0 Å².